The maximum absolute atomic E-state index is 13.5. The molecule has 0 N–H and O–H groups in total. The van der Waals surface area contributed by atoms with Gasteiger partial charge in [-0.25, -0.2) is 12.8 Å². The Bertz CT molecular complexity index is 1040. The van der Waals surface area contributed by atoms with Gasteiger partial charge in [-0.2, -0.15) is 0 Å². The van der Waals surface area contributed by atoms with E-state index in [9.17, 15) is 12.8 Å². The predicted molar refractivity (Wildman–Crippen MR) is 106 cm³/mol. The average molecular weight is 411 g/mol. The van der Waals surface area contributed by atoms with E-state index in [0.29, 0.717) is 27.3 Å². The highest BCUT2D eigenvalue weighted by molar-refractivity contribution is 7.90. The van der Waals surface area contributed by atoms with Gasteiger partial charge in [-0.3, -0.25) is 0 Å². The molecule has 2 aromatic rings. The molecule has 0 saturated heterocycles. The molecule has 0 amide bonds. The molecule has 0 saturated carbocycles. The maximum Gasteiger partial charge on any atom is 0.175 e. The summed E-state index contributed by atoms with van der Waals surface area (Å²) in [4.78, 5) is 0.787. The van der Waals surface area contributed by atoms with Crippen LogP contribution in [0.4, 0.5) is 4.39 Å². The SMILES string of the molecule is CC1(C)OC(c2ccc(S(C)(=O)=O)cc2)=C(c2ccc(F)c(Cl)c2)C1=S. The van der Waals surface area contributed by atoms with Crippen LogP contribution in [0.1, 0.15) is 25.0 Å². The number of sulfone groups is 1. The van der Waals surface area contributed by atoms with Crippen molar-refractivity contribution in [2.45, 2.75) is 24.3 Å². The molecule has 0 unspecified atom stereocenters. The smallest absolute Gasteiger partial charge is 0.175 e. The fourth-order valence-corrected chi connectivity index (χ4v) is 3.79. The first-order valence-corrected chi connectivity index (χ1v) is 10.4. The molecular formula is C19H16ClFO3S2. The van der Waals surface area contributed by atoms with E-state index in [-0.39, 0.29) is 9.92 Å². The Hall–Kier alpha value is -1.76. The van der Waals surface area contributed by atoms with Crippen LogP contribution >= 0.6 is 23.8 Å². The Labute approximate surface area is 162 Å². The van der Waals surface area contributed by atoms with Crippen molar-refractivity contribution in [2.75, 3.05) is 6.26 Å². The number of hydrogen-bond acceptors (Lipinski definition) is 4. The molecule has 136 valence electrons. The van der Waals surface area contributed by atoms with E-state index < -0.39 is 21.3 Å². The quantitative estimate of drug-likeness (QED) is 0.673. The third-order valence-electron chi connectivity index (χ3n) is 4.11. The second-order valence-corrected chi connectivity index (χ2v) is 9.40. The highest BCUT2D eigenvalue weighted by atomic mass is 35.5. The summed E-state index contributed by atoms with van der Waals surface area (Å²) >= 11 is 11.5. The zero-order valence-electron chi connectivity index (χ0n) is 14.3. The summed E-state index contributed by atoms with van der Waals surface area (Å²) in [5, 5.41) is -0.00530. The van der Waals surface area contributed by atoms with Crippen molar-refractivity contribution in [3.05, 3.63) is 64.4 Å². The first kappa shape index (κ1) is 19.0. The standard InChI is InChI=1S/C19H16ClFO3S2/c1-19(2)18(25)16(12-6-9-15(21)14(20)10-12)17(24-19)11-4-7-13(8-5-11)26(3,22)23/h4-10H,1-3H3. The maximum atomic E-state index is 13.5. The zero-order chi connectivity index (χ0) is 19.3. The van der Waals surface area contributed by atoms with Crippen LogP contribution in [0.15, 0.2) is 47.4 Å². The molecule has 0 fully saturated rings. The van der Waals surface area contributed by atoms with Crippen LogP contribution in [0, 0.1) is 5.82 Å². The minimum absolute atomic E-state index is 0.00530. The van der Waals surface area contributed by atoms with Crippen molar-refractivity contribution < 1.29 is 17.5 Å². The molecule has 1 heterocycles. The lowest BCUT2D eigenvalue weighted by molar-refractivity contribution is 0.160. The van der Waals surface area contributed by atoms with E-state index in [1.54, 1.807) is 18.2 Å². The van der Waals surface area contributed by atoms with Crippen molar-refractivity contribution in [3.63, 3.8) is 0 Å². The summed E-state index contributed by atoms with van der Waals surface area (Å²) in [6, 6.07) is 10.8. The second kappa shape index (κ2) is 6.44. The zero-order valence-corrected chi connectivity index (χ0v) is 16.7. The monoisotopic (exact) mass is 410 g/mol. The highest BCUT2D eigenvalue weighted by Gasteiger charge is 2.39. The normalized spacial score (nSPS) is 16.7. The van der Waals surface area contributed by atoms with Crippen molar-refractivity contribution in [1.82, 2.24) is 0 Å². The van der Waals surface area contributed by atoms with Gasteiger partial charge in [-0.15, -0.1) is 0 Å². The summed E-state index contributed by atoms with van der Waals surface area (Å²) in [5.74, 6) is 0.00175. The summed E-state index contributed by atoms with van der Waals surface area (Å²) in [6.07, 6.45) is 1.15. The van der Waals surface area contributed by atoms with Gasteiger partial charge in [0.15, 0.2) is 9.84 Å². The third kappa shape index (κ3) is 3.41. The molecule has 1 aliphatic heterocycles. The predicted octanol–water partition coefficient (Wildman–Crippen LogP) is 4.93. The van der Waals surface area contributed by atoms with Gasteiger partial charge in [-0.1, -0.05) is 29.9 Å². The Morgan fingerprint density at radius 2 is 1.65 bits per heavy atom. The number of thiocarbonyl (C=S) groups is 1. The van der Waals surface area contributed by atoms with Crippen LogP contribution < -0.4 is 0 Å². The first-order valence-electron chi connectivity index (χ1n) is 7.75. The molecule has 0 atom stereocenters. The van der Waals surface area contributed by atoms with Crippen LogP contribution in [-0.4, -0.2) is 25.1 Å². The van der Waals surface area contributed by atoms with Crippen molar-refractivity contribution in [3.8, 4) is 0 Å². The van der Waals surface area contributed by atoms with E-state index >= 15 is 0 Å². The lowest BCUT2D eigenvalue weighted by Gasteiger charge is -2.20. The van der Waals surface area contributed by atoms with Gasteiger partial charge in [-0.05, 0) is 55.8 Å². The van der Waals surface area contributed by atoms with Gasteiger partial charge in [0.05, 0.1) is 14.8 Å². The van der Waals surface area contributed by atoms with Gasteiger partial charge in [0.25, 0.3) is 0 Å². The number of ether oxygens (including phenoxy) is 1. The molecule has 0 spiro atoms. The minimum Gasteiger partial charge on any atom is -0.481 e. The topological polar surface area (TPSA) is 43.4 Å². The summed E-state index contributed by atoms with van der Waals surface area (Å²) in [7, 11) is -3.29. The Morgan fingerprint density at radius 3 is 2.19 bits per heavy atom. The molecule has 26 heavy (non-hydrogen) atoms. The Morgan fingerprint density at radius 1 is 1.08 bits per heavy atom. The molecule has 0 aromatic heterocycles. The fraction of sp³-hybridized carbons (Fsp3) is 0.211. The highest BCUT2D eigenvalue weighted by Crippen LogP contribution is 2.42. The first-order chi connectivity index (χ1) is 12.0. The van der Waals surface area contributed by atoms with Gasteiger partial charge in [0.1, 0.15) is 17.2 Å². The lowest BCUT2D eigenvalue weighted by atomic mass is 9.94. The third-order valence-corrected chi connectivity index (χ3v) is 6.22. The number of halogens is 2. The summed E-state index contributed by atoms with van der Waals surface area (Å²) in [6.45, 7) is 3.69. The molecule has 0 bridgehead atoms. The molecular weight excluding hydrogens is 395 g/mol. The second-order valence-electron chi connectivity index (χ2n) is 6.57. The van der Waals surface area contributed by atoms with Crippen molar-refractivity contribution in [2.24, 2.45) is 0 Å². The van der Waals surface area contributed by atoms with E-state index in [2.05, 4.69) is 0 Å². The van der Waals surface area contributed by atoms with Crippen LogP contribution in [0.3, 0.4) is 0 Å². The molecule has 2 aromatic carbocycles. The Balaban J connectivity index is 2.18. The molecule has 3 rings (SSSR count). The number of rotatable bonds is 3. The molecule has 1 aliphatic rings. The van der Waals surface area contributed by atoms with Crippen LogP contribution in [0.25, 0.3) is 11.3 Å². The number of hydrogen-bond donors (Lipinski definition) is 0. The van der Waals surface area contributed by atoms with Crippen LogP contribution in [0.5, 0.6) is 0 Å². The van der Waals surface area contributed by atoms with E-state index in [4.69, 9.17) is 28.6 Å². The van der Waals surface area contributed by atoms with E-state index in [0.717, 1.165) is 6.26 Å². The molecule has 0 aliphatic carbocycles. The van der Waals surface area contributed by atoms with E-state index in [1.165, 1.54) is 24.3 Å². The molecule has 7 heteroatoms. The average Bonchev–Trinajstić information content (AvgIpc) is 2.80. The van der Waals surface area contributed by atoms with Gasteiger partial charge in [0.2, 0.25) is 0 Å². The summed E-state index contributed by atoms with van der Waals surface area (Å²) in [5.41, 5.74) is 1.25. The minimum atomic E-state index is -3.29. The van der Waals surface area contributed by atoms with Gasteiger partial charge in [0, 0.05) is 17.4 Å². The fourth-order valence-electron chi connectivity index (χ4n) is 2.73. The van der Waals surface area contributed by atoms with Crippen molar-refractivity contribution >= 4 is 49.9 Å². The van der Waals surface area contributed by atoms with Crippen LogP contribution in [0.2, 0.25) is 5.02 Å². The summed E-state index contributed by atoms with van der Waals surface area (Å²) < 4.78 is 42.9. The number of benzene rings is 2. The lowest BCUT2D eigenvalue weighted by Crippen LogP contribution is -2.27. The largest absolute Gasteiger partial charge is 0.481 e. The molecule has 3 nitrogen and oxygen atoms in total. The van der Waals surface area contributed by atoms with Crippen molar-refractivity contribution in [1.29, 1.82) is 0 Å². The van der Waals surface area contributed by atoms with Gasteiger partial charge >= 0.3 is 0 Å². The Kier molecular flexibility index (Phi) is 4.71. The van der Waals surface area contributed by atoms with E-state index in [1.807, 2.05) is 13.8 Å². The molecule has 0 radical (unpaired) electrons. The van der Waals surface area contributed by atoms with Crippen LogP contribution in [-0.2, 0) is 14.6 Å². The van der Waals surface area contributed by atoms with Gasteiger partial charge < -0.3 is 4.74 Å².